The summed E-state index contributed by atoms with van der Waals surface area (Å²) in [5, 5.41) is 0. The topological polar surface area (TPSA) is 56.5 Å². The number of rotatable bonds is 6. The summed E-state index contributed by atoms with van der Waals surface area (Å²) in [5.41, 5.74) is 2.52. The van der Waals surface area contributed by atoms with Crippen LogP contribution in [-0.2, 0) is 0 Å². The Morgan fingerprint density at radius 1 is 1.14 bits per heavy atom. The van der Waals surface area contributed by atoms with Gasteiger partial charge in [0.15, 0.2) is 0 Å². The molecule has 0 amide bonds. The molecule has 0 aliphatic rings. The van der Waals surface area contributed by atoms with E-state index in [2.05, 4.69) is 5.43 Å². The van der Waals surface area contributed by atoms with Crippen molar-refractivity contribution in [2.24, 2.45) is 5.84 Å². The molecule has 1 aromatic carbocycles. The molecule has 0 atom stereocenters. The second kappa shape index (κ2) is 6.23. The summed E-state index contributed by atoms with van der Waals surface area (Å²) < 4.78 is 10.7. The molecule has 0 fully saturated rings. The minimum Gasteiger partial charge on any atom is -0.494 e. The van der Waals surface area contributed by atoms with Crippen molar-refractivity contribution >= 4 is 0 Å². The third kappa shape index (κ3) is 3.64. The molecule has 0 radical (unpaired) electrons. The number of hydrazine groups is 1. The number of hydrogen-bond donors (Lipinski definition) is 2. The van der Waals surface area contributed by atoms with Gasteiger partial charge in [-0.05, 0) is 31.2 Å². The molecule has 0 spiro atoms. The summed E-state index contributed by atoms with van der Waals surface area (Å²) in [4.78, 5) is 0. The van der Waals surface area contributed by atoms with Gasteiger partial charge in [0, 0.05) is 6.54 Å². The Hall–Kier alpha value is -1.26. The molecule has 1 rings (SSSR count). The predicted molar refractivity (Wildman–Crippen MR) is 55.3 cm³/mol. The fourth-order valence-corrected chi connectivity index (χ4v) is 1.03. The second-order valence-electron chi connectivity index (χ2n) is 2.71. The fourth-order valence-electron chi connectivity index (χ4n) is 1.03. The third-order valence-corrected chi connectivity index (χ3v) is 1.65. The summed E-state index contributed by atoms with van der Waals surface area (Å²) in [7, 11) is 0. The van der Waals surface area contributed by atoms with E-state index in [1.807, 2.05) is 31.2 Å². The van der Waals surface area contributed by atoms with Gasteiger partial charge in [-0.2, -0.15) is 0 Å². The van der Waals surface area contributed by atoms with Crippen LogP contribution in [0.2, 0.25) is 0 Å². The minimum absolute atomic E-state index is 0.560. The molecule has 0 bridgehead atoms. The summed E-state index contributed by atoms with van der Waals surface area (Å²) >= 11 is 0. The van der Waals surface area contributed by atoms with E-state index >= 15 is 0 Å². The largest absolute Gasteiger partial charge is 0.494 e. The molecule has 0 saturated carbocycles. The fraction of sp³-hybridized carbons (Fsp3) is 0.400. The number of benzene rings is 1. The SMILES string of the molecule is CCOc1ccc(OCCNN)cc1. The van der Waals surface area contributed by atoms with E-state index in [1.54, 1.807) is 0 Å². The van der Waals surface area contributed by atoms with E-state index in [0.29, 0.717) is 19.8 Å². The van der Waals surface area contributed by atoms with Crippen LogP contribution in [0.5, 0.6) is 11.5 Å². The molecule has 0 aliphatic carbocycles. The first-order chi connectivity index (χ1) is 6.86. The lowest BCUT2D eigenvalue weighted by Gasteiger charge is -2.06. The minimum atomic E-state index is 0.560. The van der Waals surface area contributed by atoms with Crippen LogP contribution in [0, 0.1) is 0 Å². The lowest BCUT2D eigenvalue weighted by atomic mass is 10.3. The molecule has 0 saturated heterocycles. The number of nitrogens with two attached hydrogens (primary N) is 1. The molecule has 0 aliphatic heterocycles. The quantitative estimate of drug-likeness (QED) is 0.403. The average molecular weight is 196 g/mol. The first-order valence-corrected chi connectivity index (χ1v) is 4.66. The molecule has 14 heavy (non-hydrogen) atoms. The molecule has 78 valence electrons. The highest BCUT2D eigenvalue weighted by atomic mass is 16.5. The van der Waals surface area contributed by atoms with Crippen molar-refractivity contribution in [1.29, 1.82) is 0 Å². The highest BCUT2D eigenvalue weighted by molar-refractivity contribution is 5.31. The molecular formula is C10H16N2O2. The zero-order chi connectivity index (χ0) is 10.2. The molecule has 0 unspecified atom stereocenters. The van der Waals surface area contributed by atoms with Gasteiger partial charge in [-0.1, -0.05) is 0 Å². The van der Waals surface area contributed by atoms with Gasteiger partial charge >= 0.3 is 0 Å². The standard InChI is InChI=1S/C10H16N2O2/c1-2-13-9-3-5-10(6-4-9)14-8-7-12-11/h3-6,12H,2,7-8,11H2,1H3. The van der Waals surface area contributed by atoms with E-state index in [4.69, 9.17) is 15.3 Å². The molecule has 0 aromatic heterocycles. The molecule has 1 aromatic rings. The van der Waals surface area contributed by atoms with Gasteiger partial charge < -0.3 is 9.47 Å². The van der Waals surface area contributed by atoms with Crippen LogP contribution in [0.1, 0.15) is 6.92 Å². The van der Waals surface area contributed by atoms with Gasteiger partial charge in [-0.3, -0.25) is 11.3 Å². The van der Waals surface area contributed by atoms with Gasteiger partial charge in [-0.15, -0.1) is 0 Å². The van der Waals surface area contributed by atoms with Crippen molar-refractivity contribution in [1.82, 2.24) is 5.43 Å². The van der Waals surface area contributed by atoms with Crippen molar-refractivity contribution in [2.45, 2.75) is 6.92 Å². The third-order valence-electron chi connectivity index (χ3n) is 1.65. The Kier molecular flexibility index (Phi) is 4.82. The van der Waals surface area contributed by atoms with Crippen molar-refractivity contribution in [3.63, 3.8) is 0 Å². The Morgan fingerprint density at radius 3 is 2.21 bits per heavy atom. The van der Waals surface area contributed by atoms with Crippen molar-refractivity contribution in [3.05, 3.63) is 24.3 Å². The number of ether oxygens (including phenoxy) is 2. The monoisotopic (exact) mass is 196 g/mol. The normalized spacial score (nSPS) is 9.86. The average Bonchev–Trinajstić information content (AvgIpc) is 2.21. The Bertz CT molecular complexity index is 249. The van der Waals surface area contributed by atoms with Gasteiger partial charge in [0.2, 0.25) is 0 Å². The lowest BCUT2D eigenvalue weighted by molar-refractivity contribution is 0.312. The van der Waals surface area contributed by atoms with E-state index < -0.39 is 0 Å². The van der Waals surface area contributed by atoms with E-state index in [-0.39, 0.29) is 0 Å². The highest BCUT2D eigenvalue weighted by Gasteiger charge is 1.94. The molecule has 3 N–H and O–H groups in total. The van der Waals surface area contributed by atoms with Crippen molar-refractivity contribution < 1.29 is 9.47 Å². The second-order valence-corrected chi connectivity index (χ2v) is 2.71. The van der Waals surface area contributed by atoms with Gasteiger partial charge in [-0.25, -0.2) is 0 Å². The van der Waals surface area contributed by atoms with E-state index in [1.165, 1.54) is 0 Å². The van der Waals surface area contributed by atoms with Crippen LogP contribution in [0.4, 0.5) is 0 Å². The lowest BCUT2D eigenvalue weighted by Crippen LogP contribution is -2.27. The predicted octanol–water partition coefficient (Wildman–Crippen LogP) is 0.927. The van der Waals surface area contributed by atoms with Gasteiger partial charge in [0.25, 0.3) is 0 Å². The molecule has 4 nitrogen and oxygen atoms in total. The van der Waals surface area contributed by atoms with E-state index in [9.17, 15) is 0 Å². The number of nitrogens with one attached hydrogen (secondary N) is 1. The zero-order valence-electron chi connectivity index (χ0n) is 8.32. The Morgan fingerprint density at radius 2 is 1.71 bits per heavy atom. The van der Waals surface area contributed by atoms with E-state index in [0.717, 1.165) is 11.5 Å². The smallest absolute Gasteiger partial charge is 0.119 e. The van der Waals surface area contributed by atoms with Gasteiger partial charge in [0.1, 0.15) is 18.1 Å². The molecular weight excluding hydrogens is 180 g/mol. The zero-order valence-corrected chi connectivity index (χ0v) is 8.32. The van der Waals surface area contributed by atoms with Crippen LogP contribution < -0.4 is 20.7 Å². The molecule has 0 heterocycles. The van der Waals surface area contributed by atoms with Crippen molar-refractivity contribution in [2.75, 3.05) is 19.8 Å². The maximum Gasteiger partial charge on any atom is 0.119 e. The Labute approximate surface area is 84.0 Å². The summed E-state index contributed by atoms with van der Waals surface area (Å²) in [6.07, 6.45) is 0. The maximum absolute atomic E-state index is 5.38. The van der Waals surface area contributed by atoms with Crippen molar-refractivity contribution in [3.8, 4) is 11.5 Å². The summed E-state index contributed by atoms with van der Waals surface area (Å²) in [6.45, 7) is 3.83. The summed E-state index contributed by atoms with van der Waals surface area (Å²) in [5.74, 6) is 6.79. The maximum atomic E-state index is 5.38. The highest BCUT2D eigenvalue weighted by Crippen LogP contribution is 2.17. The van der Waals surface area contributed by atoms with Crippen LogP contribution in [-0.4, -0.2) is 19.8 Å². The first-order valence-electron chi connectivity index (χ1n) is 4.66. The number of hydrogen-bond acceptors (Lipinski definition) is 4. The molecule has 4 heteroatoms. The summed E-state index contributed by atoms with van der Waals surface area (Å²) in [6, 6.07) is 7.52. The van der Waals surface area contributed by atoms with Gasteiger partial charge in [0.05, 0.1) is 6.61 Å². The van der Waals surface area contributed by atoms with Crippen LogP contribution in [0.25, 0.3) is 0 Å². The first kappa shape index (κ1) is 10.8. The van der Waals surface area contributed by atoms with Crippen LogP contribution in [0.15, 0.2) is 24.3 Å². The van der Waals surface area contributed by atoms with Crippen LogP contribution in [0.3, 0.4) is 0 Å². The Balaban J connectivity index is 2.38. The van der Waals surface area contributed by atoms with Crippen LogP contribution >= 0.6 is 0 Å².